The third kappa shape index (κ3) is 4.42. The Bertz CT molecular complexity index is 795. The van der Waals surface area contributed by atoms with E-state index in [9.17, 15) is 13.2 Å². The van der Waals surface area contributed by atoms with Crippen molar-refractivity contribution in [2.24, 2.45) is 0 Å². The predicted molar refractivity (Wildman–Crippen MR) is 109 cm³/mol. The van der Waals surface area contributed by atoms with Crippen molar-refractivity contribution in [2.45, 2.75) is 69.9 Å². The van der Waals surface area contributed by atoms with Crippen LogP contribution in [0.25, 0.3) is 0 Å². The molecule has 28 heavy (non-hydrogen) atoms. The zero-order chi connectivity index (χ0) is 20.3. The van der Waals surface area contributed by atoms with E-state index in [2.05, 4.69) is 0 Å². The molecule has 0 aliphatic carbocycles. The summed E-state index contributed by atoms with van der Waals surface area (Å²) in [7, 11) is -3.49. The molecule has 2 aliphatic rings. The average Bonchev–Trinajstić information content (AvgIpc) is 2.71. The lowest BCUT2D eigenvalue weighted by Gasteiger charge is -2.43. The zero-order valence-corrected chi connectivity index (χ0v) is 18.0. The van der Waals surface area contributed by atoms with Gasteiger partial charge in [-0.2, -0.15) is 4.31 Å². The van der Waals surface area contributed by atoms with Crippen LogP contribution >= 0.6 is 0 Å². The molecule has 0 unspecified atom stereocenters. The van der Waals surface area contributed by atoms with Crippen LogP contribution < -0.4 is 0 Å². The molecule has 1 aromatic rings. The predicted octanol–water partition coefficient (Wildman–Crippen LogP) is 2.87. The summed E-state index contributed by atoms with van der Waals surface area (Å²) in [5, 5.41) is 0. The van der Waals surface area contributed by atoms with Gasteiger partial charge in [-0.15, -0.1) is 0 Å². The van der Waals surface area contributed by atoms with Crippen LogP contribution in [0.3, 0.4) is 0 Å². The molecular formula is C21H32N2O4S. The largest absolute Gasteiger partial charge is 0.381 e. The Morgan fingerprint density at radius 3 is 2.25 bits per heavy atom. The van der Waals surface area contributed by atoms with Crippen molar-refractivity contribution in [1.29, 1.82) is 0 Å². The molecule has 0 N–H and O–H groups in total. The van der Waals surface area contributed by atoms with Crippen molar-refractivity contribution in [3.05, 3.63) is 29.3 Å². The summed E-state index contributed by atoms with van der Waals surface area (Å²) < 4.78 is 33.1. The molecule has 7 heteroatoms. The minimum atomic E-state index is -3.49. The second-order valence-corrected chi connectivity index (χ2v) is 9.82. The lowest BCUT2D eigenvalue weighted by Crippen LogP contribution is -2.53. The number of ether oxygens (including phenoxy) is 1. The van der Waals surface area contributed by atoms with E-state index in [0.29, 0.717) is 50.5 Å². The molecule has 3 rings (SSSR count). The monoisotopic (exact) mass is 408 g/mol. The van der Waals surface area contributed by atoms with Crippen LogP contribution in [0.2, 0.25) is 0 Å². The number of carbonyl (C=O) groups is 1. The minimum absolute atomic E-state index is 0.113. The number of hydrogen-bond donors (Lipinski definition) is 0. The summed E-state index contributed by atoms with van der Waals surface area (Å²) in [6.07, 6.45) is 3.60. The van der Waals surface area contributed by atoms with Gasteiger partial charge in [0.15, 0.2) is 0 Å². The number of amides is 1. The first-order valence-electron chi connectivity index (χ1n) is 10.3. The maximum Gasteiger partial charge on any atom is 0.243 e. The molecule has 0 saturated carbocycles. The summed E-state index contributed by atoms with van der Waals surface area (Å²) in [6.45, 7) is 8.10. The fourth-order valence-electron chi connectivity index (χ4n) is 4.24. The molecule has 1 aromatic carbocycles. The normalized spacial score (nSPS) is 20.2. The van der Waals surface area contributed by atoms with E-state index in [1.54, 1.807) is 16.4 Å². The van der Waals surface area contributed by atoms with Crippen LogP contribution in [-0.2, 0) is 19.6 Å². The van der Waals surface area contributed by atoms with E-state index in [-0.39, 0.29) is 18.0 Å². The Labute approximate surface area is 168 Å². The number of hydrogen-bond acceptors (Lipinski definition) is 4. The minimum Gasteiger partial charge on any atom is -0.381 e. The smallest absolute Gasteiger partial charge is 0.243 e. The maximum absolute atomic E-state index is 13.0. The Morgan fingerprint density at radius 2 is 1.68 bits per heavy atom. The number of nitrogens with zero attached hydrogens (tertiary/aromatic N) is 2. The molecule has 2 aliphatic heterocycles. The van der Waals surface area contributed by atoms with E-state index in [0.717, 1.165) is 24.0 Å². The molecule has 156 valence electrons. The van der Waals surface area contributed by atoms with Crippen LogP contribution in [0.15, 0.2) is 23.1 Å². The number of aryl methyl sites for hydroxylation is 2. The highest BCUT2D eigenvalue weighted by molar-refractivity contribution is 7.89. The molecule has 2 saturated heterocycles. The van der Waals surface area contributed by atoms with E-state index < -0.39 is 10.0 Å². The second-order valence-electron chi connectivity index (χ2n) is 7.88. The van der Waals surface area contributed by atoms with Gasteiger partial charge in [-0.05, 0) is 62.8 Å². The van der Waals surface area contributed by atoms with Crippen LogP contribution in [0.5, 0.6) is 0 Å². The highest BCUT2D eigenvalue weighted by Gasteiger charge is 2.36. The molecule has 0 aromatic heterocycles. The Balaban J connectivity index is 1.71. The van der Waals surface area contributed by atoms with Crippen molar-refractivity contribution in [1.82, 2.24) is 9.21 Å². The molecule has 2 heterocycles. The Kier molecular flexibility index (Phi) is 6.78. The van der Waals surface area contributed by atoms with Crippen LogP contribution in [0, 0.1) is 13.8 Å². The summed E-state index contributed by atoms with van der Waals surface area (Å²) in [5.74, 6) is 0.169. The Hall–Kier alpha value is -1.44. The fourth-order valence-corrected chi connectivity index (χ4v) is 5.79. The lowest BCUT2D eigenvalue weighted by atomic mass is 9.98. The van der Waals surface area contributed by atoms with Crippen LogP contribution in [0.4, 0.5) is 0 Å². The van der Waals surface area contributed by atoms with Crippen LogP contribution in [0.1, 0.15) is 50.2 Å². The molecular weight excluding hydrogens is 376 g/mol. The van der Waals surface area contributed by atoms with Gasteiger partial charge in [-0.25, -0.2) is 8.42 Å². The number of rotatable bonds is 5. The topological polar surface area (TPSA) is 66.9 Å². The lowest BCUT2D eigenvalue weighted by molar-refractivity contribution is -0.139. The number of sulfonamides is 1. The third-order valence-electron chi connectivity index (χ3n) is 6.11. The highest BCUT2D eigenvalue weighted by atomic mass is 32.2. The molecule has 0 atom stereocenters. The van der Waals surface area contributed by atoms with E-state index in [1.807, 2.05) is 31.7 Å². The van der Waals surface area contributed by atoms with Crippen molar-refractivity contribution < 1.29 is 17.9 Å². The summed E-state index contributed by atoms with van der Waals surface area (Å²) in [6, 6.07) is 5.64. The maximum atomic E-state index is 13.0. The Morgan fingerprint density at radius 1 is 1.07 bits per heavy atom. The van der Waals surface area contributed by atoms with Crippen molar-refractivity contribution in [2.75, 3.05) is 26.3 Å². The average molecular weight is 409 g/mol. The second kappa shape index (κ2) is 8.93. The first kappa shape index (κ1) is 21.3. The van der Waals surface area contributed by atoms with Gasteiger partial charge in [0.25, 0.3) is 0 Å². The summed E-state index contributed by atoms with van der Waals surface area (Å²) >= 11 is 0. The number of carbonyl (C=O) groups excluding carboxylic acids is 1. The summed E-state index contributed by atoms with van der Waals surface area (Å²) in [5.41, 5.74) is 2.07. The van der Waals surface area contributed by atoms with E-state index in [4.69, 9.17) is 4.74 Å². The van der Waals surface area contributed by atoms with Gasteiger partial charge >= 0.3 is 0 Å². The van der Waals surface area contributed by atoms with Gasteiger partial charge in [0.2, 0.25) is 15.9 Å². The summed E-state index contributed by atoms with van der Waals surface area (Å²) in [4.78, 5) is 15.0. The van der Waals surface area contributed by atoms with Crippen molar-refractivity contribution >= 4 is 15.9 Å². The molecule has 0 bridgehead atoms. The number of piperidine rings is 1. The van der Waals surface area contributed by atoms with E-state index in [1.165, 1.54) is 0 Å². The fraction of sp³-hybridized carbons (Fsp3) is 0.667. The molecule has 2 fully saturated rings. The SMILES string of the molecule is CCC(=O)N(C1CCOCC1)C1CCN(S(=O)(=O)c2ccc(C)c(C)c2)CC1. The molecule has 0 radical (unpaired) electrons. The van der Waals surface area contributed by atoms with Gasteiger partial charge in [0.1, 0.15) is 0 Å². The molecule has 6 nitrogen and oxygen atoms in total. The molecule has 1 amide bonds. The highest BCUT2D eigenvalue weighted by Crippen LogP contribution is 2.28. The third-order valence-corrected chi connectivity index (χ3v) is 8.00. The van der Waals surface area contributed by atoms with Gasteiger partial charge < -0.3 is 9.64 Å². The van der Waals surface area contributed by atoms with Gasteiger partial charge in [0.05, 0.1) is 4.90 Å². The van der Waals surface area contributed by atoms with Gasteiger partial charge in [-0.3, -0.25) is 4.79 Å². The standard InChI is InChI=1S/C21H32N2O4S/c1-4-21(24)23(19-9-13-27-14-10-19)18-7-11-22(12-8-18)28(25,26)20-6-5-16(2)17(3)15-20/h5-6,15,18-19H,4,7-14H2,1-3H3. The quantitative estimate of drug-likeness (QED) is 0.751. The van der Waals surface area contributed by atoms with Crippen LogP contribution in [-0.4, -0.2) is 61.9 Å². The molecule has 0 spiro atoms. The van der Waals surface area contributed by atoms with E-state index >= 15 is 0 Å². The van der Waals surface area contributed by atoms with Crippen molar-refractivity contribution in [3.8, 4) is 0 Å². The van der Waals surface area contributed by atoms with Gasteiger partial charge in [-0.1, -0.05) is 13.0 Å². The van der Waals surface area contributed by atoms with Crippen molar-refractivity contribution in [3.63, 3.8) is 0 Å². The van der Waals surface area contributed by atoms with Gasteiger partial charge in [0, 0.05) is 44.8 Å². The zero-order valence-electron chi connectivity index (χ0n) is 17.2. The first-order chi connectivity index (χ1) is 13.3. The number of benzene rings is 1. The first-order valence-corrected chi connectivity index (χ1v) is 11.7.